The number of carbonyl (C=O) groups is 2. The molecule has 1 aliphatic rings. The maximum absolute atomic E-state index is 11.7. The molecule has 2 heterocycles. The Balaban J connectivity index is 2.37. The topological polar surface area (TPSA) is 75.4 Å². The van der Waals surface area contributed by atoms with Gasteiger partial charge in [-0.25, -0.2) is 0 Å². The van der Waals surface area contributed by atoms with Crippen LogP contribution in [-0.2, 0) is 17.8 Å². The highest BCUT2D eigenvalue weighted by atomic mass is 32.1. The minimum absolute atomic E-state index is 0.0594. The summed E-state index contributed by atoms with van der Waals surface area (Å²) in [5.41, 5.74) is 7.47. The van der Waals surface area contributed by atoms with Gasteiger partial charge in [-0.1, -0.05) is 0 Å². The van der Waals surface area contributed by atoms with E-state index in [1.807, 2.05) is 0 Å². The molecule has 2 rings (SSSR count). The molecule has 0 fully saturated rings. The van der Waals surface area contributed by atoms with Gasteiger partial charge in [-0.3, -0.25) is 9.59 Å². The Labute approximate surface area is 104 Å². The van der Waals surface area contributed by atoms with E-state index >= 15 is 0 Å². The number of rotatable bonds is 1. The molecule has 17 heavy (non-hydrogen) atoms. The van der Waals surface area contributed by atoms with Crippen molar-refractivity contribution >= 4 is 28.2 Å². The Morgan fingerprint density at radius 3 is 2.76 bits per heavy atom. The van der Waals surface area contributed by atoms with Crippen LogP contribution in [0.5, 0.6) is 0 Å². The molecule has 0 saturated carbocycles. The fraction of sp³-hybridized carbons (Fsp3) is 0.455. The first kappa shape index (κ1) is 11.9. The van der Waals surface area contributed by atoms with E-state index in [0.29, 0.717) is 30.1 Å². The molecule has 0 aromatic carbocycles. The Morgan fingerprint density at radius 2 is 2.18 bits per heavy atom. The van der Waals surface area contributed by atoms with E-state index in [-0.39, 0.29) is 11.8 Å². The number of carbonyl (C=O) groups excluding carboxylic acids is 2. The minimum Gasteiger partial charge on any atom is -0.390 e. The Hall–Kier alpha value is -1.56. The standard InChI is InChI=1S/C11H15N3O2S/c1-6(15)14-4-3-7-8(5-14)17-10(12)9(7)11(16)13-2/h3-5,12H2,1-2H3,(H,13,16). The number of amides is 2. The average molecular weight is 253 g/mol. The lowest BCUT2D eigenvalue weighted by molar-refractivity contribution is -0.129. The van der Waals surface area contributed by atoms with E-state index in [0.717, 1.165) is 10.4 Å². The maximum Gasteiger partial charge on any atom is 0.254 e. The summed E-state index contributed by atoms with van der Waals surface area (Å²) < 4.78 is 0. The predicted octanol–water partition coefficient (Wildman–Crippen LogP) is 0.594. The van der Waals surface area contributed by atoms with Crippen LogP contribution in [0.3, 0.4) is 0 Å². The van der Waals surface area contributed by atoms with Crippen molar-refractivity contribution in [2.45, 2.75) is 19.9 Å². The van der Waals surface area contributed by atoms with Crippen molar-refractivity contribution in [1.29, 1.82) is 0 Å². The van der Waals surface area contributed by atoms with Crippen LogP contribution < -0.4 is 11.1 Å². The summed E-state index contributed by atoms with van der Waals surface area (Å²) in [5, 5.41) is 3.14. The number of nitrogen functional groups attached to an aromatic ring is 1. The van der Waals surface area contributed by atoms with Gasteiger partial charge in [-0.05, 0) is 12.0 Å². The molecule has 2 amide bonds. The second kappa shape index (κ2) is 4.37. The van der Waals surface area contributed by atoms with Crippen LogP contribution >= 0.6 is 11.3 Å². The molecule has 0 spiro atoms. The number of anilines is 1. The molecule has 1 aliphatic heterocycles. The molecular weight excluding hydrogens is 238 g/mol. The van der Waals surface area contributed by atoms with Crippen molar-refractivity contribution < 1.29 is 9.59 Å². The van der Waals surface area contributed by atoms with Gasteiger partial charge in [0, 0.05) is 25.4 Å². The predicted molar refractivity (Wildman–Crippen MR) is 66.9 cm³/mol. The van der Waals surface area contributed by atoms with Crippen LogP contribution in [0.2, 0.25) is 0 Å². The van der Waals surface area contributed by atoms with Crippen molar-refractivity contribution in [3.05, 3.63) is 16.0 Å². The normalized spacial score (nSPS) is 14.4. The zero-order valence-corrected chi connectivity index (χ0v) is 10.7. The average Bonchev–Trinajstić information content (AvgIpc) is 2.62. The van der Waals surface area contributed by atoms with Crippen molar-refractivity contribution in [2.24, 2.45) is 0 Å². The van der Waals surface area contributed by atoms with E-state index in [1.54, 1.807) is 18.9 Å². The van der Waals surface area contributed by atoms with Crippen molar-refractivity contribution in [1.82, 2.24) is 10.2 Å². The Morgan fingerprint density at radius 1 is 1.47 bits per heavy atom. The van der Waals surface area contributed by atoms with Gasteiger partial charge in [0.2, 0.25) is 5.91 Å². The number of hydrogen-bond donors (Lipinski definition) is 2. The molecule has 6 heteroatoms. The lowest BCUT2D eigenvalue weighted by Crippen LogP contribution is -2.34. The fourth-order valence-electron chi connectivity index (χ4n) is 2.07. The number of nitrogens with two attached hydrogens (primary N) is 1. The third-order valence-corrected chi connectivity index (χ3v) is 4.03. The first-order valence-electron chi connectivity index (χ1n) is 5.42. The number of fused-ring (bicyclic) bond motifs is 1. The van der Waals surface area contributed by atoms with Crippen LogP contribution in [0.1, 0.15) is 27.7 Å². The smallest absolute Gasteiger partial charge is 0.254 e. The molecule has 0 aliphatic carbocycles. The molecule has 0 bridgehead atoms. The summed E-state index contributed by atoms with van der Waals surface area (Å²) in [4.78, 5) is 25.8. The summed E-state index contributed by atoms with van der Waals surface area (Å²) in [6.07, 6.45) is 0.700. The van der Waals surface area contributed by atoms with E-state index < -0.39 is 0 Å². The van der Waals surface area contributed by atoms with Gasteiger partial charge in [-0.2, -0.15) is 0 Å². The molecule has 0 unspecified atom stereocenters. The van der Waals surface area contributed by atoms with Gasteiger partial charge in [0.15, 0.2) is 0 Å². The number of nitrogens with one attached hydrogen (secondary N) is 1. The van der Waals surface area contributed by atoms with Crippen molar-refractivity contribution in [3.63, 3.8) is 0 Å². The van der Waals surface area contributed by atoms with Crippen LogP contribution in [0.25, 0.3) is 0 Å². The highest BCUT2D eigenvalue weighted by Crippen LogP contribution is 2.34. The Bertz CT molecular complexity index is 481. The second-order valence-corrected chi connectivity index (χ2v) is 5.15. The number of nitrogens with zero attached hydrogens (tertiary/aromatic N) is 1. The highest BCUT2D eigenvalue weighted by molar-refractivity contribution is 7.16. The first-order chi connectivity index (χ1) is 8.04. The summed E-state index contributed by atoms with van der Waals surface area (Å²) in [5.74, 6) is -0.0830. The highest BCUT2D eigenvalue weighted by Gasteiger charge is 2.27. The molecular formula is C11H15N3O2S. The summed E-state index contributed by atoms with van der Waals surface area (Å²) >= 11 is 1.40. The molecule has 0 radical (unpaired) electrons. The van der Waals surface area contributed by atoms with Crippen LogP contribution in [0, 0.1) is 0 Å². The molecule has 0 saturated heterocycles. The summed E-state index contributed by atoms with van der Waals surface area (Å²) in [6, 6.07) is 0. The van der Waals surface area contributed by atoms with E-state index in [2.05, 4.69) is 5.32 Å². The molecule has 1 aromatic heterocycles. The maximum atomic E-state index is 11.7. The summed E-state index contributed by atoms with van der Waals surface area (Å²) in [6.45, 7) is 2.78. The third-order valence-electron chi connectivity index (χ3n) is 2.98. The second-order valence-electron chi connectivity index (χ2n) is 4.01. The zero-order valence-electron chi connectivity index (χ0n) is 9.87. The van der Waals surface area contributed by atoms with E-state index in [9.17, 15) is 9.59 Å². The minimum atomic E-state index is -0.142. The van der Waals surface area contributed by atoms with Gasteiger partial charge in [0.1, 0.15) is 0 Å². The zero-order chi connectivity index (χ0) is 12.6. The van der Waals surface area contributed by atoms with Crippen molar-refractivity contribution in [2.75, 3.05) is 19.3 Å². The number of hydrogen-bond acceptors (Lipinski definition) is 4. The quantitative estimate of drug-likeness (QED) is 0.769. The monoisotopic (exact) mass is 253 g/mol. The number of thiophene rings is 1. The van der Waals surface area contributed by atoms with Gasteiger partial charge in [0.05, 0.1) is 17.1 Å². The van der Waals surface area contributed by atoms with Crippen LogP contribution in [0.4, 0.5) is 5.00 Å². The molecule has 1 aromatic rings. The largest absolute Gasteiger partial charge is 0.390 e. The molecule has 5 nitrogen and oxygen atoms in total. The van der Waals surface area contributed by atoms with E-state index in [4.69, 9.17) is 5.73 Å². The Kier molecular flexibility index (Phi) is 3.06. The lowest BCUT2D eigenvalue weighted by atomic mass is 10.0. The molecule has 3 N–H and O–H groups in total. The lowest BCUT2D eigenvalue weighted by Gasteiger charge is -2.25. The summed E-state index contributed by atoms with van der Waals surface area (Å²) in [7, 11) is 1.59. The van der Waals surface area contributed by atoms with Gasteiger partial charge < -0.3 is 16.0 Å². The first-order valence-corrected chi connectivity index (χ1v) is 6.23. The molecule has 92 valence electrons. The third kappa shape index (κ3) is 2.00. The van der Waals surface area contributed by atoms with Crippen LogP contribution in [0.15, 0.2) is 0 Å². The fourth-order valence-corrected chi connectivity index (χ4v) is 3.20. The molecule has 0 atom stereocenters. The van der Waals surface area contributed by atoms with Crippen molar-refractivity contribution in [3.8, 4) is 0 Å². The van der Waals surface area contributed by atoms with Gasteiger partial charge in [-0.15, -0.1) is 11.3 Å². The van der Waals surface area contributed by atoms with Gasteiger partial charge in [0.25, 0.3) is 5.91 Å². The van der Waals surface area contributed by atoms with E-state index in [1.165, 1.54) is 11.3 Å². The van der Waals surface area contributed by atoms with Crippen LogP contribution in [-0.4, -0.2) is 30.3 Å². The SMILES string of the molecule is CNC(=O)c1c(N)sc2c1CCN(C(C)=O)C2. The van der Waals surface area contributed by atoms with Gasteiger partial charge >= 0.3 is 0 Å².